The first-order valence-corrected chi connectivity index (χ1v) is 12.5. The Morgan fingerprint density at radius 3 is 1.88 bits per heavy atom. The van der Waals surface area contributed by atoms with E-state index in [1.807, 2.05) is 93.6 Å². The number of carbonyl (C=O) groups is 1. The Morgan fingerprint density at radius 1 is 0.818 bits per heavy atom. The molecule has 0 spiro atoms. The van der Waals surface area contributed by atoms with E-state index in [0.717, 1.165) is 16.7 Å². The van der Waals surface area contributed by atoms with Gasteiger partial charge < -0.3 is 4.90 Å². The number of carbonyl (C=O) groups excluding carboxylic acids is 1. The number of amides is 1. The molecule has 0 aliphatic rings. The van der Waals surface area contributed by atoms with Gasteiger partial charge in [-0.3, -0.25) is 4.79 Å². The fraction of sp³-hybridized carbons (Fsp3) is 0.296. The van der Waals surface area contributed by atoms with Gasteiger partial charge in [0, 0.05) is 20.1 Å². The zero-order valence-corrected chi connectivity index (χ0v) is 20.6. The zero-order valence-electron chi connectivity index (χ0n) is 19.8. The highest BCUT2D eigenvalue weighted by Crippen LogP contribution is 2.25. The molecule has 0 aliphatic carbocycles. The predicted molar refractivity (Wildman–Crippen MR) is 132 cm³/mol. The predicted octanol–water partition coefficient (Wildman–Crippen LogP) is 4.50. The minimum atomic E-state index is -3.86. The topological polar surface area (TPSA) is 57.7 Å². The van der Waals surface area contributed by atoms with E-state index in [9.17, 15) is 13.2 Å². The van der Waals surface area contributed by atoms with Gasteiger partial charge in [0.2, 0.25) is 15.9 Å². The van der Waals surface area contributed by atoms with Gasteiger partial charge in [0.15, 0.2) is 0 Å². The molecule has 6 heteroatoms. The summed E-state index contributed by atoms with van der Waals surface area (Å²) in [5, 5.41) is 0. The van der Waals surface area contributed by atoms with Crippen molar-refractivity contribution < 1.29 is 13.2 Å². The standard InChI is InChI=1S/C27H32N2O3S/c1-21-17-22(2)27(23(3)18-21)33(31,32)29(16-15-24-11-7-5-8-12-24)20-26(30)28(4)19-25-13-9-6-10-14-25/h5-14,17-18H,15-16,19-20H2,1-4H3. The molecule has 0 aliphatic heterocycles. The molecule has 0 saturated heterocycles. The first-order chi connectivity index (χ1) is 15.7. The van der Waals surface area contributed by atoms with Crippen molar-refractivity contribution in [2.75, 3.05) is 20.1 Å². The van der Waals surface area contributed by atoms with Gasteiger partial charge in [-0.25, -0.2) is 8.42 Å². The summed E-state index contributed by atoms with van der Waals surface area (Å²) in [6.07, 6.45) is 0.527. The number of rotatable bonds is 9. The molecule has 0 N–H and O–H groups in total. The van der Waals surface area contributed by atoms with Gasteiger partial charge in [0.1, 0.15) is 0 Å². The number of benzene rings is 3. The lowest BCUT2D eigenvalue weighted by Gasteiger charge is -2.26. The highest BCUT2D eigenvalue weighted by Gasteiger charge is 2.30. The third-order valence-corrected chi connectivity index (χ3v) is 7.85. The Hall–Kier alpha value is -2.96. The molecule has 33 heavy (non-hydrogen) atoms. The SMILES string of the molecule is Cc1cc(C)c(S(=O)(=O)N(CCc2ccccc2)CC(=O)N(C)Cc2ccccc2)c(C)c1. The van der Waals surface area contributed by atoms with Gasteiger partial charge in [-0.15, -0.1) is 0 Å². The zero-order chi connectivity index (χ0) is 24.0. The molecular weight excluding hydrogens is 432 g/mol. The lowest BCUT2D eigenvalue weighted by atomic mass is 10.1. The fourth-order valence-electron chi connectivity index (χ4n) is 4.10. The van der Waals surface area contributed by atoms with Crippen molar-refractivity contribution in [1.29, 1.82) is 0 Å². The molecule has 5 nitrogen and oxygen atoms in total. The van der Waals surface area contributed by atoms with Crippen LogP contribution < -0.4 is 0 Å². The van der Waals surface area contributed by atoms with Crippen LogP contribution in [-0.4, -0.2) is 43.7 Å². The van der Waals surface area contributed by atoms with Crippen LogP contribution in [0.1, 0.15) is 27.8 Å². The second kappa shape index (κ2) is 10.8. The molecule has 0 aromatic heterocycles. The average Bonchev–Trinajstić information content (AvgIpc) is 2.76. The molecule has 1 amide bonds. The van der Waals surface area contributed by atoms with Crippen molar-refractivity contribution in [2.45, 2.75) is 38.6 Å². The van der Waals surface area contributed by atoms with E-state index in [4.69, 9.17) is 0 Å². The largest absolute Gasteiger partial charge is 0.340 e. The van der Waals surface area contributed by atoms with Crippen LogP contribution in [0.15, 0.2) is 77.7 Å². The normalized spacial score (nSPS) is 11.5. The summed E-state index contributed by atoms with van der Waals surface area (Å²) in [4.78, 5) is 15.0. The maximum absolute atomic E-state index is 13.8. The highest BCUT2D eigenvalue weighted by molar-refractivity contribution is 7.89. The first-order valence-electron chi connectivity index (χ1n) is 11.1. The van der Waals surface area contributed by atoms with Crippen molar-refractivity contribution in [3.05, 3.63) is 101 Å². The summed E-state index contributed by atoms with van der Waals surface area (Å²) in [5.41, 5.74) is 4.43. The van der Waals surface area contributed by atoms with Gasteiger partial charge in [0.05, 0.1) is 11.4 Å². The Kier molecular flexibility index (Phi) is 8.06. The van der Waals surface area contributed by atoms with Gasteiger partial charge in [-0.1, -0.05) is 78.4 Å². The maximum atomic E-state index is 13.8. The van der Waals surface area contributed by atoms with Crippen molar-refractivity contribution in [3.8, 4) is 0 Å². The van der Waals surface area contributed by atoms with E-state index in [-0.39, 0.29) is 19.0 Å². The minimum Gasteiger partial charge on any atom is -0.340 e. The Morgan fingerprint density at radius 2 is 1.33 bits per heavy atom. The van der Waals surface area contributed by atoms with E-state index in [1.54, 1.807) is 11.9 Å². The number of sulfonamides is 1. The van der Waals surface area contributed by atoms with Crippen molar-refractivity contribution in [1.82, 2.24) is 9.21 Å². The van der Waals surface area contributed by atoms with Crippen LogP contribution in [0.4, 0.5) is 0 Å². The van der Waals surface area contributed by atoms with Gasteiger partial charge >= 0.3 is 0 Å². The van der Waals surface area contributed by atoms with Crippen LogP contribution in [0.5, 0.6) is 0 Å². The quantitative estimate of drug-likeness (QED) is 0.468. The van der Waals surface area contributed by atoms with E-state index < -0.39 is 10.0 Å². The number of nitrogens with zero attached hydrogens (tertiary/aromatic N) is 2. The number of likely N-dealkylation sites (N-methyl/N-ethyl adjacent to an activating group) is 1. The fourth-order valence-corrected chi connectivity index (χ4v) is 5.90. The van der Waals surface area contributed by atoms with Gasteiger partial charge in [-0.2, -0.15) is 4.31 Å². The second-order valence-electron chi connectivity index (χ2n) is 8.54. The molecule has 0 saturated carbocycles. The van der Waals surface area contributed by atoms with Crippen molar-refractivity contribution in [2.24, 2.45) is 0 Å². The Labute approximate surface area is 197 Å². The number of hydrogen-bond acceptors (Lipinski definition) is 3. The van der Waals surface area contributed by atoms with E-state index in [2.05, 4.69) is 0 Å². The molecule has 0 radical (unpaired) electrons. The van der Waals surface area contributed by atoms with Crippen LogP contribution in [0.2, 0.25) is 0 Å². The minimum absolute atomic E-state index is 0.203. The smallest absolute Gasteiger partial charge is 0.244 e. The highest BCUT2D eigenvalue weighted by atomic mass is 32.2. The van der Waals surface area contributed by atoms with Crippen molar-refractivity contribution in [3.63, 3.8) is 0 Å². The van der Waals surface area contributed by atoms with E-state index in [1.165, 1.54) is 4.31 Å². The molecule has 174 valence electrons. The molecule has 3 aromatic rings. The van der Waals surface area contributed by atoms with Crippen LogP contribution in [0, 0.1) is 20.8 Å². The number of hydrogen-bond donors (Lipinski definition) is 0. The molecule has 0 atom stereocenters. The molecule has 0 unspecified atom stereocenters. The molecular formula is C27H32N2O3S. The molecule has 0 heterocycles. The molecule has 0 bridgehead atoms. The summed E-state index contributed by atoms with van der Waals surface area (Å²) in [6.45, 7) is 6.02. The van der Waals surface area contributed by atoms with E-state index >= 15 is 0 Å². The molecule has 3 rings (SSSR count). The lowest BCUT2D eigenvalue weighted by Crippen LogP contribution is -2.42. The first kappa shape index (κ1) is 24.7. The summed E-state index contributed by atoms with van der Waals surface area (Å²) in [5.74, 6) is -0.238. The maximum Gasteiger partial charge on any atom is 0.244 e. The van der Waals surface area contributed by atoms with Crippen LogP contribution in [0.25, 0.3) is 0 Å². The van der Waals surface area contributed by atoms with Crippen LogP contribution >= 0.6 is 0 Å². The molecule has 3 aromatic carbocycles. The summed E-state index contributed by atoms with van der Waals surface area (Å²) < 4.78 is 28.9. The van der Waals surface area contributed by atoms with Crippen LogP contribution in [-0.2, 0) is 27.8 Å². The van der Waals surface area contributed by atoms with Gasteiger partial charge in [-0.05, 0) is 49.4 Å². The third-order valence-electron chi connectivity index (χ3n) is 5.70. The monoisotopic (exact) mass is 464 g/mol. The van der Waals surface area contributed by atoms with Gasteiger partial charge in [0.25, 0.3) is 0 Å². The average molecular weight is 465 g/mol. The third kappa shape index (κ3) is 6.30. The summed E-state index contributed by atoms with van der Waals surface area (Å²) >= 11 is 0. The number of aryl methyl sites for hydroxylation is 3. The lowest BCUT2D eigenvalue weighted by molar-refractivity contribution is -0.130. The Bertz CT molecular complexity index is 1170. The van der Waals surface area contributed by atoms with Crippen LogP contribution in [0.3, 0.4) is 0 Å². The van der Waals surface area contributed by atoms with Crippen molar-refractivity contribution >= 4 is 15.9 Å². The summed E-state index contributed by atoms with van der Waals surface area (Å²) in [6, 6.07) is 23.2. The summed E-state index contributed by atoms with van der Waals surface area (Å²) in [7, 11) is -2.16. The second-order valence-corrected chi connectivity index (χ2v) is 10.4. The molecule has 0 fully saturated rings. The Balaban J connectivity index is 1.88. The van der Waals surface area contributed by atoms with E-state index in [0.29, 0.717) is 29.0 Å².